The molecule has 1 saturated heterocycles. The lowest BCUT2D eigenvalue weighted by atomic mass is 10.1. The van der Waals surface area contributed by atoms with Crippen LogP contribution in [0.4, 0.5) is 0 Å². The highest BCUT2D eigenvalue weighted by atomic mass is 32.1. The largest absolute Gasteiger partial charge is 0.298 e. The van der Waals surface area contributed by atoms with Gasteiger partial charge < -0.3 is 0 Å². The van der Waals surface area contributed by atoms with E-state index in [1.165, 1.54) is 9.75 Å². The number of hydrogen-bond donors (Lipinski definition) is 2. The van der Waals surface area contributed by atoms with Crippen LogP contribution in [0.15, 0.2) is 12.1 Å². The van der Waals surface area contributed by atoms with E-state index in [4.69, 9.17) is 0 Å². The average Bonchev–Trinajstić information content (AvgIpc) is 2.69. The minimum Gasteiger partial charge on any atom is -0.298 e. The molecule has 2 unspecified atom stereocenters. The van der Waals surface area contributed by atoms with Gasteiger partial charge in [-0.25, -0.2) is 0 Å². The summed E-state index contributed by atoms with van der Waals surface area (Å²) in [6, 6.07) is 4.02. The van der Waals surface area contributed by atoms with Crippen LogP contribution in [0.25, 0.3) is 0 Å². The molecule has 0 saturated carbocycles. The van der Waals surface area contributed by atoms with E-state index in [0.29, 0.717) is 12.8 Å². The molecule has 1 aliphatic heterocycles. The Kier molecular flexibility index (Phi) is 3.59. The maximum absolute atomic E-state index is 11.6. The molecular formula is C12H16N2O2S. The molecule has 2 N–H and O–H groups in total. The van der Waals surface area contributed by atoms with Crippen molar-refractivity contribution in [1.29, 1.82) is 0 Å². The van der Waals surface area contributed by atoms with E-state index in [0.717, 1.165) is 0 Å². The van der Waals surface area contributed by atoms with Crippen LogP contribution in [0.5, 0.6) is 0 Å². The van der Waals surface area contributed by atoms with Gasteiger partial charge in [-0.15, -0.1) is 11.3 Å². The average molecular weight is 252 g/mol. The first-order chi connectivity index (χ1) is 8.06. The maximum Gasteiger partial charge on any atom is 0.243 e. The molecule has 1 aromatic heterocycles. The van der Waals surface area contributed by atoms with Crippen LogP contribution in [0.2, 0.25) is 0 Å². The second-order valence-electron chi connectivity index (χ2n) is 4.34. The normalized spacial score (nSPS) is 22.4. The SMILES string of the molecule is Cc1ccc(C(C)NC2CCC(=O)NC2=O)s1. The van der Waals surface area contributed by atoms with Gasteiger partial charge in [0, 0.05) is 22.2 Å². The molecule has 0 aliphatic carbocycles. The van der Waals surface area contributed by atoms with Crippen molar-refractivity contribution in [3.63, 3.8) is 0 Å². The van der Waals surface area contributed by atoms with Crippen molar-refractivity contribution in [3.8, 4) is 0 Å². The van der Waals surface area contributed by atoms with Crippen molar-refractivity contribution in [3.05, 3.63) is 21.9 Å². The van der Waals surface area contributed by atoms with Crippen LogP contribution in [0, 0.1) is 6.92 Å². The molecule has 4 nitrogen and oxygen atoms in total. The second-order valence-corrected chi connectivity index (χ2v) is 5.66. The Morgan fingerprint density at radius 1 is 1.47 bits per heavy atom. The molecule has 1 fully saturated rings. The number of imide groups is 1. The minimum absolute atomic E-state index is 0.137. The van der Waals surface area contributed by atoms with Crippen molar-refractivity contribution in [1.82, 2.24) is 10.6 Å². The lowest BCUT2D eigenvalue weighted by Gasteiger charge is -2.24. The summed E-state index contributed by atoms with van der Waals surface area (Å²) in [6.45, 7) is 4.10. The molecular weight excluding hydrogens is 236 g/mol. The van der Waals surface area contributed by atoms with Gasteiger partial charge in [-0.05, 0) is 32.4 Å². The molecule has 0 radical (unpaired) electrons. The van der Waals surface area contributed by atoms with E-state index < -0.39 is 0 Å². The van der Waals surface area contributed by atoms with Gasteiger partial charge in [0.2, 0.25) is 11.8 Å². The van der Waals surface area contributed by atoms with Gasteiger partial charge in [-0.3, -0.25) is 20.2 Å². The van der Waals surface area contributed by atoms with Crippen molar-refractivity contribution in [2.75, 3.05) is 0 Å². The molecule has 2 heterocycles. The smallest absolute Gasteiger partial charge is 0.243 e. The number of rotatable bonds is 3. The maximum atomic E-state index is 11.6. The zero-order valence-electron chi connectivity index (χ0n) is 9.95. The van der Waals surface area contributed by atoms with Crippen molar-refractivity contribution >= 4 is 23.2 Å². The van der Waals surface area contributed by atoms with Crippen LogP contribution in [-0.2, 0) is 9.59 Å². The van der Waals surface area contributed by atoms with Crippen LogP contribution in [-0.4, -0.2) is 17.9 Å². The molecule has 2 atom stereocenters. The number of hydrogen-bond acceptors (Lipinski definition) is 4. The lowest BCUT2D eigenvalue weighted by molar-refractivity contribution is -0.134. The summed E-state index contributed by atoms with van der Waals surface area (Å²) in [5.41, 5.74) is 0. The van der Waals surface area contributed by atoms with E-state index in [1.807, 2.05) is 6.92 Å². The molecule has 0 spiro atoms. The zero-order valence-corrected chi connectivity index (χ0v) is 10.8. The molecule has 5 heteroatoms. The Morgan fingerprint density at radius 3 is 2.82 bits per heavy atom. The van der Waals surface area contributed by atoms with Crippen LogP contribution in [0.1, 0.15) is 35.6 Å². The van der Waals surface area contributed by atoms with E-state index >= 15 is 0 Å². The predicted molar refractivity (Wildman–Crippen MR) is 66.8 cm³/mol. The highest BCUT2D eigenvalue weighted by Crippen LogP contribution is 2.23. The Hall–Kier alpha value is -1.20. The third kappa shape index (κ3) is 2.92. The van der Waals surface area contributed by atoms with Gasteiger partial charge >= 0.3 is 0 Å². The summed E-state index contributed by atoms with van der Waals surface area (Å²) >= 11 is 1.73. The third-order valence-corrected chi connectivity index (χ3v) is 4.06. The third-order valence-electron chi connectivity index (χ3n) is 2.88. The summed E-state index contributed by atoms with van der Waals surface area (Å²) in [5.74, 6) is -0.381. The quantitative estimate of drug-likeness (QED) is 0.802. The molecule has 1 aliphatic rings. The lowest BCUT2D eigenvalue weighted by Crippen LogP contribution is -2.51. The number of carbonyl (C=O) groups excluding carboxylic acids is 2. The van der Waals surface area contributed by atoms with E-state index in [1.54, 1.807) is 11.3 Å². The van der Waals surface area contributed by atoms with Gasteiger partial charge in [0.25, 0.3) is 0 Å². The van der Waals surface area contributed by atoms with Crippen molar-refractivity contribution in [2.45, 2.75) is 38.8 Å². The first-order valence-corrected chi connectivity index (χ1v) is 6.54. The van der Waals surface area contributed by atoms with E-state index in [2.05, 4.69) is 29.7 Å². The highest BCUT2D eigenvalue weighted by Gasteiger charge is 2.27. The zero-order chi connectivity index (χ0) is 12.4. The fraction of sp³-hybridized carbons (Fsp3) is 0.500. The number of piperidine rings is 1. The summed E-state index contributed by atoms with van der Waals surface area (Å²) in [7, 11) is 0. The molecule has 2 rings (SSSR count). The first-order valence-electron chi connectivity index (χ1n) is 5.72. The monoisotopic (exact) mass is 252 g/mol. The fourth-order valence-electron chi connectivity index (χ4n) is 1.92. The molecule has 1 aromatic rings. The summed E-state index contributed by atoms with van der Waals surface area (Å²) < 4.78 is 0. The van der Waals surface area contributed by atoms with Crippen LogP contribution in [0.3, 0.4) is 0 Å². The van der Waals surface area contributed by atoms with Crippen LogP contribution < -0.4 is 10.6 Å². The topological polar surface area (TPSA) is 58.2 Å². The number of amides is 2. The summed E-state index contributed by atoms with van der Waals surface area (Å²) in [6.07, 6.45) is 0.999. The Bertz CT molecular complexity index is 441. The number of thiophene rings is 1. The number of nitrogens with one attached hydrogen (secondary N) is 2. The molecule has 2 amide bonds. The summed E-state index contributed by atoms with van der Waals surface area (Å²) in [4.78, 5) is 25.1. The number of carbonyl (C=O) groups is 2. The number of aryl methyl sites for hydroxylation is 1. The molecule has 17 heavy (non-hydrogen) atoms. The highest BCUT2D eigenvalue weighted by molar-refractivity contribution is 7.12. The van der Waals surface area contributed by atoms with Crippen molar-refractivity contribution < 1.29 is 9.59 Å². The molecule has 0 bridgehead atoms. The van der Waals surface area contributed by atoms with E-state index in [-0.39, 0.29) is 23.9 Å². The van der Waals surface area contributed by atoms with Gasteiger partial charge in [-0.1, -0.05) is 0 Å². The molecule has 92 valence electrons. The Morgan fingerprint density at radius 2 is 2.24 bits per heavy atom. The first kappa shape index (κ1) is 12.3. The fourth-order valence-corrected chi connectivity index (χ4v) is 2.81. The van der Waals surface area contributed by atoms with Gasteiger partial charge in [0.15, 0.2) is 0 Å². The van der Waals surface area contributed by atoms with Crippen molar-refractivity contribution in [2.24, 2.45) is 0 Å². The van der Waals surface area contributed by atoms with Gasteiger partial charge in [-0.2, -0.15) is 0 Å². The van der Waals surface area contributed by atoms with Gasteiger partial charge in [0.1, 0.15) is 0 Å². The Labute approximate surface area is 104 Å². The van der Waals surface area contributed by atoms with Crippen LogP contribution >= 0.6 is 11.3 Å². The van der Waals surface area contributed by atoms with Gasteiger partial charge in [0.05, 0.1) is 6.04 Å². The Balaban J connectivity index is 1.97. The van der Waals surface area contributed by atoms with E-state index in [9.17, 15) is 9.59 Å². The molecule has 0 aromatic carbocycles. The predicted octanol–water partition coefficient (Wildman–Crippen LogP) is 1.51. The minimum atomic E-state index is -0.259. The summed E-state index contributed by atoms with van der Waals surface area (Å²) in [5, 5.41) is 5.62. The standard InChI is InChI=1S/C12H16N2O2S/c1-7-3-5-10(17-7)8(2)13-9-4-6-11(15)14-12(9)16/h3,5,8-9,13H,4,6H2,1-2H3,(H,14,15,16). The second kappa shape index (κ2) is 4.98.